The lowest BCUT2D eigenvalue weighted by atomic mass is 10.2. The van der Waals surface area contributed by atoms with Crippen molar-refractivity contribution in [2.75, 3.05) is 18.4 Å². The van der Waals surface area contributed by atoms with Gasteiger partial charge in [0.05, 0.1) is 35.0 Å². The Hall–Kier alpha value is -2.05. The van der Waals surface area contributed by atoms with E-state index in [0.717, 1.165) is 5.56 Å². The number of halogens is 3. The first-order valence-corrected chi connectivity index (χ1v) is 9.76. The number of aromatic nitrogens is 1. The second-order valence-corrected chi connectivity index (χ2v) is 7.33. The summed E-state index contributed by atoms with van der Waals surface area (Å²) in [7, 11) is 0. The van der Waals surface area contributed by atoms with Gasteiger partial charge in [-0.25, -0.2) is 4.98 Å². The molecule has 1 heterocycles. The van der Waals surface area contributed by atoms with Crippen LogP contribution < -0.4 is 5.32 Å². The number of likely N-dealkylation sites (N-methyl/N-ethyl adjacent to an activating group) is 1. The number of rotatable bonds is 7. The van der Waals surface area contributed by atoms with Gasteiger partial charge in [0, 0.05) is 10.6 Å². The average Bonchev–Trinajstić information content (AvgIpc) is 3.13. The van der Waals surface area contributed by atoms with Gasteiger partial charge >= 0.3 is 0 Å². The fourth-order valence-electron chi connectivity index (χ4n) is 2.63. The molecule has 5 nitrogen and oxygen atoms in total. The molecule has 0 fully saturated rings. The second kappa shape index (κ2) is 9.43. The van der Waals surface area contributed by atoms with Crippen LogP contribution in [0.1, 0.15) is 12.8 Å². The molecule has 3 aromatic rings. The fourth-order valence-corrected chi connectivity index (χ4v) is 3.31. The lowest BCUT2D eigenvalue weighted by Crippen LogP contribution is -2.33. The Kier molecular flexibility index (Phi) is 6.97. The third-order valence-electron chi connectivity index (χ3n) is 4.06. The Morgan fingerprint density at radius 2 is 1.86 bits per heavy atom. The number of oxazole rings is 1. The van der Waals surface area contributed by atoms with Gasteiger partial charge in [0.2, 0.25) is 11.8 Å². The van der Waals surface area contributed by atoms with Gasteiger partial charge < -0.3 is 9.73 Å². The SMILES string of the molecule is CCN(CC(=O)Nc1c(Cl)cccc1Cl)Cc1ncc(-c2cccc(Cl)c2)o1. The van der Waals surface area contributed by atoms with Crippen LogP contribution in [0, 0.1) is 0 Å². The molecule has 0 spiro atoms. The highest BCUT2D eigenvalue weighted by molar-refractivity contribution is 6.39. The maximum atomic E-state index is 12.4. The van der Waals surface area contributed by atoms with E-state index < -0.39 is 0 Å². The largest absolute Gasteiger partial charge is 0.439 e. The summed E-state index contributed by atoms with van der Waals surface area (Å²) < 4.78 is 5.81. The van der Waals surface area contributed by atoms with Gasteiger partial charge in [0.1, 0.15) is 0 Å². The molecule has 0 aliphatic rings. The van der Waals surface area contributed by atoms with Crippen LogP contribution in [0.3, 0.4) is 0 Å². The highest BCUT2D eigenvalue weighted by atomic mass is 35.5. The zero-order valence-corrected chi connectivity index (χ0v) is 17.4. The molecule has 1 aromatic heterocycles. The second-order valence-electron chi connectivity index (χ2n) is 6.08. The van der Waals surface area contributed by atoms with E-state index in [4.69, 9.17) is 39.2 Å². The number of hydrogen-bond acceptors (Lipinski definition) is 4. The summed E-state index contributed by atoms with van der Waals surface area (Å²) in [5.74, 6) is 0.916. The van der Waals surface area contributed by atoms with Crippen LogP contribution in [0.2, 0.25) is 15.1 Å². The lowest BCUT2D eigenvalue weighted by Gasteiger charge is -2.18. The standard InChI is InChI=1S/C20H18Cl3N3O2/c1-2-26(11-18(27)25-20-15(22)7-4-8-16(20)23)12-19-24-10-17(28-19)13-5-3-6-14(21)9-13/h3-10H,2,11-12H2,1H3,(H,25,27). The molecule has 0 unspecified atom stereocenters. The van der Waals surface area contributed by atoms with E-state index in [1.165, 1.54) is 0 Å². The van der Waals surface area contributed by atoms with E-state index >= 15 is 0 Å². The first-order chi connectivity index (χ1) is 13.5. The molecule has 0 aliphatic carbocycles. The van der Waals surface area contributed by atoms with Gasteiger partial charge in [-0.15, -0.1) is 0 Å². The number of nitrogens with zero attached hydrogens (tertiary/aromatic N) is 2. The monoisotopic (exact) mass is 437 g/mol. The summed E-state index contributed by atoms with van der Waals surface area (Å²) in [4.78, 5) is 18.6. The third kappa shape index (κ3) is 5.26. The highest BCUT2D eigenvalue weighted by Gasteiger charge is 2.16. The molecule has 146 valence electrons. The molecule has 28 heavy (non-hydrogen) atoms. The summed E-state index contributed by atoms with van der Waals surface area (Å²) in [6, 6.07) is 12.4. The molecule has 2 aromatic carbocycles. The molecule has 0 aliphatic heterocycles. The number of carbonyl (C=O) groups is 1. The Balaban J connectivity index is 1.64. The number of anilines is 1. The molecule has 1 amide bonds. The van der Waals surface area contributed by atoms with Gasteiger partial charge in [-0.3, -0.25) is 9.69 Å². The van der Waals surface area contributed by atoms with E-state index in [1.807, 2.05) is 30.0 Å². The Morgan fingerprint density at radius 1 is 1.14 bits per heavy atom. The topological polar surface area (TPSA) is 58.4 Å². The van der Waals surface area contributed by atoms with Crippen molar-refractivity contribution in [2.45, 2.75) is 13.5 Å². The minimum Gasteiger partial charge on any atom is -0.439 e. The number of carbonyl (C=O) groups excluding carboxylic acids is 1. The molecule has 0 bridgehead atoms. The third-order valence-corrected chi connectivity index (χ3v) is 4.93. The van der Waals surface area contributed by atoms with Crippen molar-refractivity contribution < 1.29 is 9.21 Å². The number of benzene rings is 2. The molecular weight excluding hydrogens is 421 g/mol. The van der Waals surface area contributed by atoms with E-state index in [9.17, 15) is 4.79 Å². The van der Waals surface area contributed by atoms with Crippen LogP contribution in [-0.4, -0.2) is 28.9 Å². The Labute approximate surface area is 178 Å². The van der Waals surface area contributed by atoms with Crippen molar-refractivity contribution in [1.29, 1.82) is 0 Å². The zero-order valence-electron chi connectivity index (χ0n) is 15.1. The van der Waals surface area contributed by atoms with Crippen molar-refractivity contribution in [3.63, 3.8) is 0 Å². The Morgan fingerprint density at radius 3 is 2.54 bits per heavy atom. The van der Waals surface area contributed by atoms with Crippen molar-refractivity contribution >= 4 is 46.4 Å². The first-order valence-electron chi connectivity index (χ1n) is 8.63. The van der Waals surface area contributed by atoms with E-state index in [2.05, 4.69) is 10.3 Å². The van der Waals surface area contributed by atoms with E-state index in [0.29, 0.717) is 45.5 Å². The van der Waals surface area contributed by atoms with Gasteiger partial charge in [0.25, 0.3) is 0 Å². The number of nitrogens with one attached hydrogen (secondary N) is 1. The van der Waals surface area contributed by atoms with E-state index in [1.54, 1.807) is 30.5 Å². The quantitative estimate of drug-likeness (QED) is 0.509. The fraction of sp³-hybridized carbons (Fsp3) is 0.200. The lowest BCUT2D eigenvalue weighted by molar-refractivity contribution is -0.117. The van der Waals surface area contributed by atoms with Gasteiger partial charge in [-0.1, -0.05) is 59.9 Å². The minimum atomic E-state index is -0.224. The summed E-state index contributed by atoms with van der Waals surface area (Å²) in [6.07, 6.45) is 1.65. The smallest absolute Gasteiger partial charge is 0.238 e. The summed E-state index contributed by atoms with van der Waals surface area (Å²) in [5, 5.41) is 4.16. The summed E-state index contributed by atoms with van der Waals surface area (Å²) in [6.45, 7) is 3.13. The molecule has 0 radical (unpaired) electrons. The summed E-state index contributed by atoms with van der Waals surface area (Å²) >= 11 is 18.2. The predicted octanol–water partition coefficient (Wildman–Crippen LogP) is 5.76. The van der Waals surface area contributed by atoms with Gasteiger partial charge in [-0.2, -0.15) is 0 Å². The molecule has 0 saturated heterocycles. The van der Waals surface area contributed by atoms with Crippen LogP contribution in [-0.2, 0) is 11.3 Å². The van der Waals surface area contributed by atoms with Crippen LogP contribution in [0.4, 0.5) is 5.69 Å². The molecule has 3 rings (SSSR count). The van der Waals surface area contributed by atoms with Crippen LogP contribution in [0.25, 0.3) is 11.3 Å². The van der Waals surface area contributed by atoms with Gasteiger partial charge in [-0.05, 0) is 30.8 Å². The first kappa shape index (κ1) is 20.7. The number of amides is 1. The number of para-hydroxylation sites is 1. The Bertz CT molecular complexity index is 955. The van der Waals surface area contributed by atoms with Crippen LogP contribution in [0.15, 0.2) is 53.1 Å². The maximum Gasteiger partial charge on any atom is 0.238 e. The van der Waals surface area contributed by atoms with Crippen LogP contribution >= 0.6 is 34.8 Å². The molecule has 1 N–H and O–H groups in total. The van der Waals surface area contributed by atoms with Crippen LogP contribution in [0.5, 0.6) is 0 Å². The van der Waals surface area contributed by atoms with Crippen molar-refractivity contribution in [3.05, 3.63) is 69.6 Å². The average molecular weight is 439 g/mol. The molecular formula is C20H18Cl3N3O2. The molecule has 0 atom stereocenters. The van der Waals surface area contributed by atoms with Crippen molar-refractivity contribution in [1.82, 2.24) is 9.88 Å². The molecule has 8 heteroatoms. The summed E-state index contributed by atoms with van der Waals surface area (Å²) in [5.41, 5.74) is 1.26. The number of hydrogen-bond donors (Lipinski definition) is 1. The van der Waals surface area contributed by atoms with Gasteiger partial charge in [0.15, 0.2) is 5.76 Å². The molecule has 0 saturated carbocycles. The van der Waals surface area contributed by atoms with Crippen molar-refractivity contribution in [3.8, 4) is 11.3 Å². The van der Waals surface area contributed by atoms with E-state index in [-0.39, 0.29) is 12.5 Å². The minimum absolute atomic E-state index is 0.146. The highest BCUT2D eigenvalue weighted by Crippen LogP contribution is 2.29. The maximum absolute atomic E-state index is 12.4. The predicted molar refractivity (Wildman–Crippen MR) is 113 cm³/mol. The van der Waals surface area contributed by atoms with Crippen molar-refractivity contribution in [2.24, 2.45) is 0 Å². The zero-order chi connectivity index (χ0) is 20.1. The normalized spacial score (nSPS) is 11.0.